The highest BCUT2D eigenvalue weighted by molar-refractivity contribution is 7.13. The van der Waals surface area contributed by atoms with Gasteiger partial charge >= 0.3 is 0 Å². The van der Waals surface area contributed by atoms with Gasteiger partial charge < -0.3 is 10.1 Å². The molecule has 4 aromatic heterocycles. The minimum atomic E-state index is -0.286. The van der Waals surface area contributed by atoms with Gasteiger partial charge in [-0.15, -0.1) is 11.3 Å². The Bertz CT molecular complexity index is 1220. The zero-order chi connectivity index (χ0) is 22.1. The number of rotatable bonds is 7. The fraction of sp³-hybridized carbons (Fsp3) is 0.318. The van der Waals surface area contributed by atoms with E-state index in [1.165, 1.54) is 11.3 Å². The molecule has 0 radical (unpaired) electrons. The van der Waals surface area contributed by atoms with Crippen molar-refractivity contribution in [1.29, 1.82) is 0 Å². The number of thiazole rings is 1. The first-order valence-electron chi connectivity index (χ1n) is 10.5. The molecule has 164 valence electrons. The number of carbonyl (C=O) groups is 1. The number of H-pyrrole nitrogens is 1. The molecule has 0 atom stereocenters. The minimum Gasteiger partial charge on any atom is -0.378 e. The number of aromatic amines is 1. The van der Waals surface area contributed by atoms with E-state index in [-0.39, 0.29) is 18.1 Å². The second kappa shape index (κ2) is 8.64. The fourth-order valence-electron chi connectivity index (χ4n) is 3.75. The summed E-state index contributed by atoms with van der Waals surface area (Å²) < 4.78 is 7.59. The quantitative estimate of drug-likeness (QED) is 0.440. The van der Waals surface area contributed by atoms with E-state index < -0.39 is 0 Å². The maximum absolute atomic E-state index is 13.0. The summed E-state index contributed by atoms with van der Waals surface area (Å²) in [5.74, 6) is -0.286. The number of pyridine rings is 1. The van der Waals surface area contributed by atoms with Crippen molar-refractivity contribution in [2.45, 2.75) is 38.8 Å². The Morgan fingerprint density at radius 3 is 2.97 bits per heavy atom. The number of anilines is 1. The molecule has 1 fully saturated rings. The van der Waals surface area contributed by atoms with Crippen LogP contribution in [0, 0.1) is 6.92 Å². The third-order valence-electron chi connectivity index (χ3n) is 5.53. The average Bonchev–Trinajstić information content (AvgIpc) is 3.50. The maximum atomic E-state index is 13.0. The van der Waals surface area contributed by atoms with Gasteiger partial charge in [-0.2, -0.15) is 10.2 Å². The van der Waals surface area contributed by atoms with Gasteiger partial charge in [-0.05, 0) is 38.8 Å². The van der Waals surface area contributed by atoms with Crippen LogP contribution in [0.4, 0.5) is 5.69 Å². The highest BCUT2D eigenvalue weighted by Crippen LogP contribution is 2.37. The van der Waals surface area contributed by atoms with Crippen molar-refractivity contribution in [3.8, 4) is 22.0 Å². The molecule has 5 rings (SSSR count). The molecular weight excluding hydrogens is 426 g/mol. The van der Waals surface area contributed by atoms with Crippen LogP contribution in [0.25, 0.3) is 22.0 Å². The lowest BCUT2D eigenvalue weighted by molar-refractivity contribution is -0.0226. The molecule has 1 aliphatic carbocycles. The third kappa shape index (κ3) is 3.94. The number of ether oxygens (including phenoxy) is 1. The van der Waals surface area contributed by atoms with E-state index in [1.54, 1.807) is 17.8 Å². The van der Waals surface area contributed by atoms with E-state index in [2.05, 4.69) is 25.5 Å². The molecule has 0 bridgehead atoms. The van der Waals surface area contributed by atoms with Crippen molar-refractivity contribution < 1.29 is 9.53 Å². The molecule has 1 saturated carbocycles. The summed E-state index contributed by atoms with van der Waals surface area (Å²) in [5, 5.41) is 17.2. The van der Waals surface area contributed by atoms with Gasteiger partial charge in [-0.1, -0.05) is 6.07 Å². The predicted octanol–water partition coefficient (Wildman–Crippen LogP) is 4.09. The molecule has 2 N–H and O–H groups in total. The van der Waals surface area contributed by atoms with Gasteiger partial charge in [0.15, 0.2) is 0 Å². The van der Waals surface area contributed by atoms with Crippen LogP contribution in [0.5, 0.6) is 0 Å². The highest BCUT2D eigenvalue weighted by Gasteiger charge is 2.32. The van der Waals surface area contributed by atoms with Crippen LogP contribution in [0.1, 0.15) is 42.0 Å². The van der Waals surface area contributed by atoms with Crippen LogP contribution in [-0.4, -0.2) is 48.6 Å². The van der Waals surface area contributed by atoms with Crippen molar-refractivity contribution in [2.24, 2.45) is 0 Å². The smallest absolute Gasteiger partial charge is 0.275 e. The van der Waals surface area contributed by atoms with E-state index >= 15 is 0 Å². The molecule has 9 nitrogen and oxygen atoms in total. The van der Waals surface area contributed by atoms with Crippen molar-refractivity contribution in [2.75, 3.05) is 11.9 Å². The fourth-order valence-corrected chi connectivity index (χ4v) is 4.62. The summed E-state index contributed by atoms with van der Waals surface area (Å²) in [4.78, 5) is 21.9. The average molecular weight is 450 g/mol. The third-order valence-corrected chi connectivity index (χ3v) is 6.41. The van der Waals surface area contributed by atoms with Gasteiger partial charge in [0.1, 0.15) is 16.4 Å². The number of hydrogen-bond acceptors (Lipinski definition) is 7. The molecule has 1 aliphatic rings. The van der Waals surface area contributed by atoms with E-state index in [4.69, 9.17) is 9.84 Å². The molecule has 32 heavy (non-hydrogen) atoms. The van der Waals surface area contributed by atoms with Crippen LogP contribution in [0.15, 0.2) is 42.2 Å². The summed E-state index contributed by atoms with van der Waals surface area (Å²) in [5.41, 5.74) is 4.05. The number of aryl methyl sites for hydroxylation is 1. The van der Waals surface area contributed by atoms with Crippen molar-refractivity contribution in [3.05, 3.63) is 53.6 Å². The van der Waals surface area contributed by atoms with E-state index in [9.17, 15) is 4.79 Å². The van der Waals surface area contributed by atoms with Gasteiger partial charge in [0, 0.05) is 30.6 Å². The molecule has 0 spiro atoms. The number of nitrogens with zero attached hydrogens (tertiary/aromatic N) is 5. The highest BCUT2D eigenvalue weighted by atomic mass is 32.1. The van der Waals surface area contributed by atoms with Gasteiger partial charge in [0.05, 0.1) is 34.8 Å². The standard InChI is InChI=1S/C22H23N7O2S/c1-3-31-15-8-14(9-15)29-11-18(20(28-29)17-6-4-5-7-23-17)25-21(30)19-12-32-22(26-19)16-10-24-27-13(16)2/h4-7,10-12,14-15H,3,8-9H2,1-2H3,(H,24,27)(H,25,30)/t14-,15-. The Kier molecular flexibility index (Phi) is 5.54. The normalized spacial score (nSPS) is 17.8. The van der Waals surface area contributed by atoms with Gasteiger partial charge in [0.25, 0.3) is 5.91 Å². The molecule has 0 aliphatic heterocycles. The molecule has 1 amide bonds. The lowest BCUT2D eigenvalue weighted by atomic mass is 9.89. The van der Waals surface area contributed by atoms with Crippen LogP contribution >= 0.6 is 11.3 Å². The van der Waals surface area contributed by atoms with E-state index in [1.807, 2.05) is 42.9 Å². The van der Waals surface area contributed by atoms with Gasteiger partial charge in [-0.25, -0.2) is 4.98 Å². The molecule has 0 aromatic carbocycles. The lowest BCUT2D eigenvalue weighted by Crippen LogP contribution is -2.33. The second-order valence-electron chi connectivity index (χ2n) is 7.67. The molecule has 10 heteroatoms. The first-order valence-corrected chi connectivity index (χ1v) is 11.4. The van der Waals surface area contributed by atoms with Crippen LogP contribution in [0.2, 0.25) is 0 Å². The summed E-state index contributed by atoms with van der Waals surface area (Å²) in [6.45, 7) is 4.62. The summed E-state index contributed by atoms with van der Waals surface area (Å²) in [7, 11) is 0. The van der Waals surface area contributed by atoms with E-state index in [0.717, 1.165) is 29.1 Å². The van der Waals surface area contributed by atoms with Crippen LogP contribution in [0.3, 0.4) is 0 Å². The van der Waals surface area contributed by atoms with Crippen LogP contribution in [-0.2, 0) is 4.74 Å². The van der Waals surface area contributed by atoms with Crippen molar-refractivity contribution in [3.63, 3.8) is 0 Å². The lowest BCUT2D eigenvalue weighted by Gasteiger charge is -2.34. The molecule has 4 aromatic rings. The van der Waals surface area contributed by atoms with Gasteiger partial charge in [0.2, 0.25) is 0 Å². The second-order valence-corrected chi connectivity index (χ2v) is 8.52. The minimum absolute atomic E-state index is 0.245. The van der Waals surface area contributed by atoms with E-state index in [0.29, 0.717) is 29.4 Å². The Labute approximate surface area is 188 Å². The van der Waals surface area contributed by atoms with Crippen molar-refractivity contribution >= 4 is 22.9 Å². The topological polar surface area (TPSA) is 111 Å². The predicted molar refractivity (Wildman–Crippen MR) is 122 cm³/mol. The molecule has 0 unspecified atom stereocenters. The Hall–Kier alpha value is -3.37. The number of hydrogen-bond donors (Lipinski definition) is 2. The molecule has 4 heterocycles. The molecular formula is C22H23N7O2S. The summed E-state index contributed by atoms with van der Waals surface area (Å²) in [6, 6.07) is 5.89. The Morgan fingerprint density at radius 2 is 2.25 bits per heavy atom. The summed E-state index contributed by atoms with van der Waals surface area (Å²) >= 11 is 1.41. The zero-order valence-electron chi connectivity index (χ0n) is 17.8. The zero-order valence-corrected chi connectivity index (χ0v) is 18.6. The van der Waals surface area contributed by atoms with Crippen LogP contribution < -0.4 is 5.32 Å². The largest absolute Gasteiger partial charge is 0.378 e. The Balaban J connectivity index is 1.39. The SMILES string of the molecule is CCO[C@H]1C[C@H](n2cc(NC(=O)c3csc(-c4c[nH]nc4C)n3)c(-c3ccccn3)n2)C1. The number of aromatic nitrogens is 6. The number of amides is 1. The monoisotopic (exact) mass is 449 g/mol. The van der Waals surface area contributed by atoms with Gasteiger partial charge in [-0.3, -0.25) is 19.6 Å². The summed E-state index contributed by atoms with van der Waals surface area (Å²) in [6.07, 6.45) is 7.46. The first-order chi connectivity index (χ1) is 15.6. The van der Waals surface area contributed by atoms with Crippen molar-refractivity contribution in [1.82, 2.24) is 29.9 Å². The number of carbonyl (C=O) groups excluding carboxylic acids is 1. The first kappa shape index (κ1) is 20.5. The maximum Gasteiger partial charge on any atom is 0.275 e. The number of nitrogens with one attached hydrogen (secondary N) is 2. The molecule has 0 saturated heterocycles. The Morgan fingerprint density at radius 1 is 1.38 bits per heavy atom.